The standard InChI is InChI=1S/C12H17NO3S/c13-9-12(6-7-17(14,15)10-12)16-8-11-4-2-1-3-5-11/h1-5H,6-10,13H2. The maximum Gasteiger partial charge on any atom is 0.153 e. The first-order chi connectivity index (χ1) is 8.05. The Morgan fingerprint density at radius 2 is 2.00 bits per heavy atom. The number of hydrogen-bond donors (Lipinski definition) is 1. The van der Waals surface area contributed by atoms with Gasteiger partial charge in [-0.15, -0.1) is 0 Å². The summed E-state index contributed by atoms with van der Waals surface area (Å²) < 4.78 is 28.7. The average Bonchev–Trinajstić information content (AvgIpc) is 2.65. The number of hydrogen-bond acceptors (Lipinski definition) is 4. The first-order valence-electron chi connectivity index (χ1n) is 5.64. The van der Waals surface area contributed by atoms with Crippen molar-refractivity contribution in [3.8, 4) is 0 Å². The fraction of sp³-hybridized carbons (Fsp3) is 0.500. The molecule has 1 fully saturated rings. The molecule has 1 heterocycles. The minimum Gasteiger partial charge on any atom is -0.368 e. The molecule has 0 bridgehead atoms. The largest absolute Gasteiger partial charge is 0.368 e. The predicted octanol–water partition coefficient (Wildman–Crippen LogP) is 0.719. The lowest BCUT2D eigenvalue weighted by Gasteiger charge is -2.26. The summed E-state index contributed by atoms with van der Waals surface area (Å²) in [7, 11) is -2.98. The van der Waals surface area contributed by atoms with Crippen molar-refractivity contribution in [2.24, 2.45) is 5.73 Å². The first kappa shape index (κ1) is 12.5. The fourth-order valence-corrected chi connectivity index (χ4v) is 4.01. The van der Waals surface area contributed by atoms with Gasteiger partial charge in [0.05, 0.1) is 23.7 Å². The summed E-state index contributed by atoms with van der Waals surface area (Å²) in [5.74, 6) is 0.225. The van der Waals surface area contributed by atoms with Crippen LogP contribution in [0.1, 0.15) is 12.0 Å². The summed E-state index contributed by atoms with van der Waals surface area (Å²) in [6.45, 7) is 0.659. The van der Waals surface area contributed by atoms with E-state index >= 15 is 0 Å². The monoisotopic (exact) mass is 255 g/mol. The van der Waals surface area contributed by atoms with E-state index in [4.69, 9.17) is 10.5 Å². The van der Waals surface area contributed by atoms with Gasteiger partial charge in [-0.1, -0.05) is 30.3 Å². The van der Waals surface area contributed by atoms with Gasteiger partial charge >= 0.3 is 0 Å². The lowest BCUT2D eigenvalue weighted by molar-refractivity contribution is -0.0305. The maximum atomic E-state index is 11.5. The Balaban J connectivity index is 2.02. The Labute approximate surface area is 102 Å². The van der Waals surface area contributed by atoms with E-state index in [1.54, 1.807) is 0 Å². The van der Waals surface area contributed by atoms with Gasteiger partial charge in [-0.25, -0.2) is 8.42 Å². The van der Waals surface area contributed by atoms with E-state index in [1.807, 2.05) is 30.3 Å². The highest BCUT2D eigenvalue weighted by Gasteiger charge is 2.42. The van der Waals surface area contributed by atoms with Crippen molar-refractivity contribution in [1.29, 1.82) is 0 Å². The lowest BCUT2D eigenvalue weighted by atomic mass is 10.0. The Hall–Kier alpha value is -0.910. The van der Waals surface area contributed by atoms with Crippen molar-refractivity contribution in [2.75, 3.05) is 18.1 Å². The lowest BCUT2D eigenvalue weighted by Crippen LogP contribution is -2.41. The van der Waals surface area contributed by atoms with Gasteiger partial charge in [0.1, 0.15) is 0 Å². The predicted molar refractivity (Wildman–Crippen MR) is 66.3 cm³/mol. The first-order valence-corrected chi connectivity index (χ1v) is 7.46. The molecule has 0 aliphatic carbocycles. The van der Waals surface area contributed by atoms with Crippen LogP contribution in [0.15, 0.2) is 30.3 Å². The van der Waals surface area contributed by atoms with Crippen LogP contribution in [-0.2, 0) is 21.2 Å². The van der Waals surface area contributed by atoms with E-state index in [0.29, 0.717) is 13.0 Å². The van der Waals surface area contributed by atoms with Crippen molar-refractivity contribution in [3.05, 3.63) is 35.9 Å². The van der Waals surface area contributed by atoms with E-state index in [2.05, 4.69) is 0 Å². The molecule has 0 spiro atoms. The van der Waals surface area contributed by atoms with Crippen LogP contribution in [0, 0.1) is 0 Å². The molecule has 1 atom stereocenters. The van der Waals surface area contributed by atoms with Crippen LogP contribution in [-0.4, -0.2) is 32.1 Å². The van der Waals surface area contributed by atoms with Gasteiger partial charge in [0, 0.05) is 6.54 Å². The quantitative estimate of drug-likeness (QED) is 0.860. The van der Waals surface area contributed by atoms with E-state index in [-0.39, 0.29) is 18.1 Å². The summed E-state index contributed by atoms with van der Waals surface area (Å²) >= 11 is 0. The molecule has 17 heavy (non-hydrogen) atoms. The molecule has 4 nitrogen and oxygen atoms in total. The average molecular weight is 255 g/mol. The van der Waals surface area contributed by atoms with Crippen LogP contribution in [0.5, 0.6) is 0 Å². The molecule has 1 aromatic rings. The Morgan fingerprint density at radius 3 is 2.53 bits per heavy atom. The van der Waals surface area contributed by atoms with E-state index < -0.39 is 15.4 Å². The van der Waals surface area contributed by atoms with Crippen LogP contribution in [0.2, 0.25) is 0 Å². The van der Waals surface area contributed by atoms with Gasteiger partial charge in [0.25, 0.3) is 0 Å². The minimum atomic E-state index is -2.98. The van der Waals surface area contributed by atoms with Gasteiger partial charge in [0.2, 0.25) is 0 Å². The molecule has 94 valence electrons. The Morgan fingerprint density at radius 1 is 1.29 bits per heavy atom. The van der Waals surface area contributed by atoms with Crippen LogP contribution in [0.4, 0.5) is 0 Å². The van der Waals surface area contributed by atoms with Gasteiger partial charge in [-0.3, -0.25) is 0 Å². The third kappa shape index (κ3) is 3.06. The van der Waals surface area contributed by atoms with Crippen LogP contribution in [0.25, 0.3) is 0 Å². The zero-order chi connectivity index (χ0) is 12.4. The second-order valence-corrected chi connectivity index (χ2v) is 6.69. The van der Waals surface area contributed by atoms with Crippen LogP contribution in [0.3, 0.4) is 0 Å². The normalized spacial score (nSPS) is 27.1. The SMILES string of the molecule is NCC1(OCc2ccccc2)CCS(=O)(=O)C1. The smallest absolute Gasteiger partial charge is 0.153 e. The number of sulfone groups is 1. The molecule has 5 heteroatoms. The molecule has 1 aliphatic rings. The molecule has 1 aliphatic heterocycles. The molecule has 0 radical (unpaired) electrons. The van der Waals surface area contributed by atoms with Crippen molar-refractivity contribution >= 4 is 9.84 Å². The zero-order valence-electron chi connectivity index (χ0n) is 9.63. The molecule has 0 saturated carbocycles. The molecular formula is C12H17NO3S. The van der Waals surface area contributed by atoms with Gasteiger partial charge < -0.3 is 10.5 Å². The van der Waals surface area contributed by atoms with Crippen molar-refractivity contribution in [2.45, 2.75) is 18.6 Å². The Bertz CT molecular complexity index is 472. The summed E-state index contributed by atoms with van der Waals surface area (Å²) in [6.07, 6.45) is 0.499. The number of benzene rings is 1. The topological polar surface area (TPSA) is 69.4 Å². The molecule has 2 N–H and O–H groups in total. The minimum absolute atomic E-state index is 0.0450. The summed E-state index contributed by atoms with van der Waals surface area (Å²) in [5, 5.41) is 0. The zero-order valence-corrected chi connectivity index (χ0v) is 10.4. The molecule has 0 amide bonds. The fourth-order valence-electron chi connectivity index (χ4n) is 2.03. The van der Waals surface area contributed by atoms with Gasteiger partial charge in [-0.05, 0) is 12.0 Å². The summed E-state index contributed by atoms with van der Waals surface area (Å²) in [4.78, 5) is 0. The summed E-state index contributed by atoms with van der Waals surface area (Å²) in [6, 6.07) is 9.70. The molecule has 1 saturated heterocycles. The van der Waals surface area contributed by atoms with E-state index in [0.717, 1.165) is 5.56 Å². The summed E-state index contributed by atoms with van der Waals surface area (Å²) in [5.41, 5.74) is 6.01. The second kappa shape index (κ2) is 4.76. The van der Waals surface area contributed by atoms with Crippen LogP contribution < -0.4 is 5.73 Å². The third-order valence-corrected chi connectivity index (χ3v) is 4.90. The number of rotatable bonds is 4. The third-order valence-electron chi connectivity index (χ3n) is 3.11. The maximum absolute atomic E-state index is 11.5. The number of ether oxygens (including phenoxy) is 1. The van der Waals surface area contributed by atoms with E-state index in [1.165, 1.54) is 0 Å². The highest BCUT2D eigenvalue weighted by atomic mass is 32.2. The van der Waals surface area contributed by atoms with Gasteiger partial charge in [0.15, 0.2) is 9.84 Å². The van der Waals surface area contributed by atoms with Crippen LogP contribution >= 0.6 is 0 Å². The highest BCUT2D eigenvalue weighted by Crippen LogP contribution is 2.27. The second-order valence-electron chi connectivity index (χ2n) is 4.50. The highest BCUT2D eigenvalue weighted by molar-refractivity contribution is 7.91. The molecule has 1 aromatic carbocycles. The number of nitrogens with two attached hydrogens (primary N) is 1. The molecular weight excluding hydrogens is 238 g/mol. The van der Waals surface area contributed by atoms with E-state index in [9.17, 15) is 8.42 Å². The van der Waals surface area contributed by atoms with Crippen molar-refractivity contribution < 1.29 is 13.2 Å². The Kier molecular flexibility index (Phi) is 3.51. The van der Waals surface area contributed by atoms with Gasteiger partial charge in [-0.2, -0.15) is 0 Å². The van der Waals surface area contributed by atoms with Crippen molar-refractivity contribution in [3.63, 3.8) is 0 Å². The molecule has 1 unspecified atom stereocenters. The van der Waals surface area contributed by atoms with Crippen molar-refractivity contribution in [1.82, 2.24) is 0 Å². The molecule has 0 aromatic heterocycles. The molecule has 2 rings (SSSR count).